The van der Waals surface area contributed by atoms with E-state index < -0.39 is 8.32 Å². The van der Waals surface area contributed by atoms with Crippen LogP contribution in [0.25, 0.3) is 0 Å². The van der Waals surface area contributed by atoms with Crippen molar-refractivity contribution >= 4 is 14.3 Å². The predicted molar refractivity (Wildman–Crippen MR) is 89.1 cm³/mol. The highest BCUT2D eigenvalue weighted by atomic mass is 28.4. The van der Waals surface area contributed by atoms with Gasteiger partial charge in [-0.25, -0.2) is 0 Å². The molecule has 0 spiro atoms. The highest BCUT2D eigenvalue weighted by Gasteiger charge is 2.45. The number of rotatable bonds is 5. The Hall–Kier alpha value is -1.20. The second kappa shape index (κ2) is 6.12. The second-order valence-corrected chi connectivity index (χ2v) is 12.4. The number of esters is 1. The highest BCUT2D eigenvalue weighted by Crippen LogP contribution is 2.47. The van der Waals surface area contributed by atoms with Crippen LogP contribution in [-0.2, 0) is 20.6 Å². The number of carbonyl (C=O) groups is 1. The molecular formula is C17H27NO3Si. The van der Waals surface area contributed by atoms with E-state index in [1.165, 1.54) is 7.11 Å². The third-order valence-corrected chi connectivity index (χ3v) is 9.44. The first-order valence-corrected chi connectivity index (χ1v) is 10.7. The van der Waals surface area contributed by atoms with E-state index >= 15 is 0 Å². The van der Waals surface area contributed by atoms with E-state index in [2.05, 4.69) is 44.9 Å². The Bertz CT molecular complexity index is 534. The van der Waals surface area contributed by atoms with E-state index in [1.54, 1.807) is 0 Å². The van der Waals surface area contributed by atoms with Crippen LogP contribution in [0.3, 0.4) is 0 Å². The smallest absolute Gasteiger partial charge is 0.309 e. The molecule has 0 amide bonds. The summed E-state index contributed by atoms with van der Waals surface area (Å²) in [4.78, 5) is 16.0. The first kappa shape index (κ1) is 17.2. The minimum Gasteiger partial charge on any atom is -0.469 e. The minimum absolute atomic E-state index is 0.0149. The van der Waals surface area contributed by atoms with Crippen LogP contribution < -0.4 is 0 Å². The van der Waals surface area contributed by atoms with E-state index in [4.69, 9.17) is 9.16 Å². The number of carbonyl (C=O) groups excluding carboxylic acids is 1. The SMILES string of the molecule is COC(=O)C1CC1c1ccc(CO[Si](C)(C)C(C)(C)C)nc1. The topological polar surface area (TPSA) is 48.4 Å². The molecule has 1 fully saturated rings. The molecule has 2 rings (SSSR count). The number of pyridine rings is 1. The quantitative estimate of drug-likeness (QED) is 0.610. The zero-order valence-corrected chi connectivity index (χ0v) is 15.5. The van der Waals surface area contributed by atoms with Gasteiger partial charge in [-0.15, -0.1) is 0 Å². The summed E-state index contributed by atoms with van der Waals surface area (Å²) >= 11 is 0. The second-order valence-electron chi connectivity index (χ2n) is 7.60. The maximum Gasteiger partial charge on any atom is 0.309 e. The lowest BCUT2D eigenvalue weighted by Gasteiger charge is -2.36. The molecule has 122 valence electrons. The molecule has 0 saturated heterocycles. The number of nitrogens with zero attached hydrogens (tertiary/aromatic N) is 1. The summed E-state index contributed by atoms with van der Waals surface area (Å²) in [7, 11) is -0.301. The highest BCUT2D eigenvalue weighted by molar-refractivity contribution is 6.74. The van der Waals surface area contributed by atoms with Crippen LogP contribution in [0.4, 0.5) is 0 Å². The molecule has 0 N–H and O–H groups in total. The lowest BCUT2D eigenvalue weighted by atomic mass is 10.1. The van der Waals surface area contributed by atoms with Crippen molar-refractivity contribution in [1.82, 2.24) is 4.98 Å². The monoisotopic (exact) mass is 321 g/mol. The summed E-state index contributed by atoms with van der Waals surface area (Å²) in [6, 6.07) is 4.07. The van der Waals surface area contributed by atoms with Gasteiger partial charge in [0, 0.05) is 6.20 Å². The molecule has 5 heteroatoms. The van der Waals surface area contributed by atoms with Crippen LogP contribution in [0.5, 0.6) is 0 Å². The molecule has 1 aromatic rings. The van der Waals surface area contributed by atoms with Crippen molar-refractivity contribution in [3.05, 3.63) is 29.6 Å². The van der Waals surface area contributed by atoms with Crippen LogP contribution >= 0.6 is 0 Å². The fourth-order valence-corrected chi connectivity index (χ4v) is 3.13. The van der Waals surface area contributed by atoms with E-state index in [1.807, 2.05) is 12.3 Å². The lowest BCUT2D eigenvalue weighted by molar-refractivity contribution is -0.142. The van der Waals surface area contributed by atoms with Crippen LogP contribution in [0.2, 0.25) is 18.1 Å². The Morgan fingerprint density at radius 2 is 2.05 bits per heavy atom. The summed E-state index contributed by atoms with van der Waals surface area (Å²) in [5.41, 5.74) is 2.07. The molecule has 22 heavy (non-hydrogen) atoms. The Labute approximate surface area is 134 Å². The summed E-state index contributed by atoms with van der Waals surface area (Å²) in [6.45, 7) is 11.7. The van der Waals surface area contributed by atoms with Gasteiger partial charge in [0.25, 0.3) is 0 Å². The standard InChI is InChI=1S/C17H27NO3Si/c1-17(2,3)22(5,6)21-11-13-8-7-12(10-18-13)14-9-15(14)16(19)20-4/h7-8,10,14-15H,9,11H2,1-6H3. The summed E-state index contributed by atoms with van der Waals surface area (Å²) in [6.07, 6.45) is 2.74. The van der Waals surface area contributed by atoms with E-state index in [0.29, 0.717) is 6.61 Å². The van der Waals surface area contributed by atoms with Crippen LogP contribution in [-0.4, -0.2) is 26.4 Å². The van der Waals surface area contributed by atoms with Crippen molar-refractivity contribution in [3.8, 4) is 0 Å². The largest absolute Gasteiger partial charge is 0.469 e. The average Bonchev–Trinajstić information content (AvgIpc) is 3.24. The molecule has 0 bridgehead atoms. The van der Waals surface area contributed by atoms with Crippen molar-refractivity contribution in [2.75, 3.05) is 7.11 Å². The zero-order chi connectivity index (χ0) is 16.5. The van der Waals surface area contributed by atoms with Gasteiger partial charge >= 0.3 is 5.97 Å². The third-order valence-electron chi connectivity index (χ3n) is 4.96. The Morgan fingerprint density at radius 3 is 2.55 bits per heavy atom. The van der Waals surface area contributed by atoms with E-state index in [9.17, 15) is 4.79 Å². The molecule has 0 radical (unpaired) electrons. The van der Waals surface area contributed by atoms with Gasteiger partial charge in [-0.05, 0) is 42.1 Å². The van der Waals surface area contributed by atoms with Crippen molar-refractivity contribution in [2.45, 2.75) is 57.8 Å². The molecule has 2 atom stereocenters. The number of methoxy groups -OCH3 is 1. The van der Waals surface area contributed by atoms with Crippen molar-refractivity contribution in [1.29, 1.82) is 0 Å². The van der Waals surface area contributed by atoms with E-state index in [0.717, 1.165) is 17.7 Å². The summed E-state index contributed by atoms with van der Waals surface area (Å²) in [5.74, 6) is 0.173. The predicted octanol–water partition coefficient (Wildman–Crippen LogP) is 3.88. The molecule has 0 aliphatic heterocycles. The van der Waals surface area contributed by atoms with E-state index in [-0.39, 0.29) is 22.8 Å². The first-order chi connectivity index (χ1) is 10.2. The Kier molecular flexibility index (Phi) is 4.78. The number of hydrogen-bond donors (Lipinski definition) is 0. The van der Waals surface area contributed by atoms with Crippen LogP contribution in [0.1, 0.15) is 44.4 Å². The van der Waals surface area contributed by atoms with Gasteiger partial charge in [-0.1, -0.05) is 26.8 Å². The van der Waals surface area contributed by atoms with Crippen molar-refractivity contribution < 1.29 is 14.0 Å². The van der Waals surface area contributed by atoms with Gasteiger partial charge in [0.15, 0.2) is 8.32 Å². The third kappa shape index (κ3) is 3.76. The van der Waals surface area contributed by atoms with Gasteiger partial charge < -0.3 is 9.16 Å². The van der Waals surface area contributed by atoms with Gasteiger partial charge in [0.2, 0.25) is 0 Å². The van der Waals surface area contributed by atoms with Crippen LogP contribution in [0, 0.1) is 5.92 Å². The number of aromatic nitrogens is 1. The Balaban J connectivity index is 1.92. The number of hydrogen-bond acceptors (Lipinski definition) is 4. The fourth-order valence-electron chi connectivity index (χ4n) is 2.19. The molecule has 1 saturated carbocycles. The van der Waals surface area contributed by atoms with Crippen LogP contribution in [0.15, 0.2) is 18.3 Å². The first-order valence-electron chi connectivity index (χ1n) is 7.82. The van der Waals surface area contributed by atoms with Gasteiger partial charge in [-0.3, -0.25) is 9.78 Å². The molecule has 4 nitrogen and oxygen atoms in total. The molecule has 0 aromatic carbocycles. The minimum atomic E-state index is -1.74. The molecule has 1 aliphatic carbocycles. The summed E-state index contributed by atoms with van der Waals surface area (Å²) in [5, 5.41) is 0.203. The van der Waals surface area contributed by atoms with Gasteiger partial charge in [0.05, 0.1) is 25.3 Å². The number of ether oxygens (including phenoxy) is 1. The molecular weight excluding hydrogens is 294 g/mol. The average molecular weight is 321 g/mol. The summed E-state index contributed by atoms with van der Waals surface area (Å²) < 4.78 is 11.0. The maximum atomic E-state index is 11.5. The van der Waals surface area contributed by atoms with Gasteiger partial charge in [-0.2, -0.15) is 0 Å². The molecule has 1 heterocycles. The lowest BCUT2D eigenvalue weighted by Crippen LogP contribution is -2.40. The fraction of sp³-hybridized carbons (Fsp3) is 0.647. The normalized spacial score (nSPS) is 21.5. The maximum absolute atomic E-state index is 11.5. The molecule has 1 aliphatic rings. The molecule has 2 unspecified atom stereocenters. The Morgan fingerprint density at radius 1 is 1.36 bits per heavy atom. The zero-order valence-electron chi connectivity index (χ0n) is 14.5. The van der Waals surface area contributed by atoms with Crippen molar-refractivity contribution in [2.24, 2.45) is 5.92 Å². The van der Waals surface area contributed by atoms with Crippen molar-refractivity contribution in [3.63, 3.8) is 0 Å². The molecule has 1 aromatic heterocycles. The van der Waals surface area contributed by atoms with Gasteiger partial charge in [0.1, 0.15) is 0 Å².